The van der Waals surface area contributed by atoms with Gasteiger partial charge in [-0.15, -0.1) is 0 Å². The Kier molecular flexibility index (Phi) is 7.09. The van der Waals surface area contributed by atoms with E-state index < -0.39 is 0 Å². The molecule has 0 aliphatic carbocycles. The molecule has 2 aromatic rings. The second-order valence-corrected chi connectivity index (χ2v) is 7.21. The van der Waals surface area contributed by atoms with Gasteiger partial charge in [-0.25, -0.2) is 0 Å². The molecular weight excluding hydrogens is 328 g/mol. The highest BCUT2D eigenvalue weighted by atomic mass is 32.2. The van der Waals surface area contributed by atoms with Crippen molar-refractivity contribution in [2.75, 3.05) is 31.6 Å². The molecule has 2 aromatic carbocycles. The van der Waals surface area contributed by atoms with E-state index in [0.717, 1.165) is 23.7 Å². The number of rotatable bonds is 3. The summed E-state index contributed by atoms with van der Waals surface area (Å²) >= 11 is 1.74. The van der Waals surface area contributed by atoms with Gasteiger partial charge in [-0.1, -0.05) is 55.4 Å². The Balaban J connectivity index is 0.00000109. The number of carbonyl (C=O) groups excluding carboxylic acids is 1. The van der Waals surface area contributed by atoms with Crippen LogP contribution in [-0.2, 0) is 4.79 Å². The van der Waals surface area contributed by atoms with Crippen LogP contribution in [0.3, 0.4) is 0 Å². The standard InChI is InChI=1S/C19H22N2OS.C2H6/c1-14-8-9-17(15(2)12-14)23-18-7-5-4-6-16(18)21-11-10-20(3)13-19(21)22;1-2/h4-9,12H,10-11,13H2,1-3H3;1-2H3. The molecule has 1 aliphatic rings. The van der Waals surface area contributed by atoms with Gasteiger partial charge >= 0.3 is 0 Å². The van der Waals surface area contributed by atoms with Crippen molar-refractivity contribution in [1.82, 2.24) is 4.90 Å². The molecule has 4 heteroatoms. The minimum Gasteiger partial charge on any atom is -0.309 e. The van der Waals surface area contributed by atoms with Crippen LogP contribution in [0.4, 0.5) is 5.69 Å². The molecule has 0 unspecified atom stereocenters. The topological polar surface area (TPSA) is 23.6 Å². The number of benzene rings is 2. The predicted octanol–water partition coefficient (Wildman–Crippen LogP) is 4.76. The molecule has 1 saturated heterocycles. The summed E-state index contributed by atoms with van der Waals surface area (Å²) in [5.74, 6) is 0.174. The van der Waals surface area contributed by atoms with Gasteiger partial charge in [0, 0.05) is 22.9 Å². The zero-order valence-corrected chi connectivity index (χ0v) is 16.7. The number of hydrogen-bond acceptors (Lipinski definition) is 3. The van der Waals surface area contributed by atoms with Crippen LogP contribution in [0.1, 0.15) is 25.0 Å². The number of aryl methyl sites for hydroxylation is 2. The van der Waals surface area contributed by atoms with Crippen LogP contribution in [0.2, 0.25) is 0 Å². The van der Waals surface area contributed by atoms with Crippen molar-refractivity contribution >= 4 is 23.4 Å². The molecule has 134 valence electrons. The van der Waals surface area contributed by atoms with E-state index in [0.29, 0.717) is 6.54 Å². The van der Waals surface area contributed by atoms with Crippen molar-refractivity contribution in [2.24, 2.45) is 0 Å². The first-order chi connectivity index (χ1) is 12.0. The largest absolute Gasteiger partial charge is 0.309 e. The Morgan fingerprint density at radius 1 is 0.960 bits per heavy atom. The van der Waals surface area contributed by atoms with E-state index in [-0.39, 0.29) is 5.91 Å². The fourth-order valence-corrected chi connectivity index (χ4v) is 3.87. The fraction of sp³-hybridized carbons (Fsp3) is 0.381. The van der Waals surface area contributed by atoms with E-state index >= 15 is 0 Å². The maximum atomic E-state index is 12.4. The molecule has 0 aromatic heterocycles. The van der Waals surface area contributed by atoms with E-state index in [1.54, 1.807) is 11.8 Å². The molecule has 1 amide bonds. The van der Waals surface area contributed by atoms with Gasteiger partial charge < -0.3 is 4.90 Å². The molecule has 25 heavy (non-hydrogen) atoms. The third-order valence-electron chi connectivity index (χ3n) is 4.12. The van der Waals surface area contributed by atoms with Crippen LogP contribution in [0.5, 0.6) is 0 Å². The molecule has 0 N–H and O–H groups in total. The zero-order chi connectivity index (χ0) is 18.4. The minimum atomic E-state index is 0.174. The molecule has 0 radical (unpaired) electrons. The highest BCUT2D eigenvalue weighted by molar-refractivity contribution is 7.99. The predicted molar refractivity (Wildman–Crippen MR) is 108 cm³/mol. The number of carbonyl (C=O) groups is 1. The summed E-state index contributed by atoms with van der Waals surface area (Å²) in [5, 5.41) is 0. The molecule has 0 spiro atoms. The summed E-state index contributed by atoms with van der Waals surface area (Å²) < 4.78 is 0. The van der Waals surface area contributed by atoms with Gasteiger partial charge in [0.15, 0.2) is 0 Å². The molecule has 1 aliphatic heterocycles. The van der Waals surface area contributed by atoms with Crippen molar-refractivity contribution in [1.29, 1.82) is 0 Å². The second kappa shape index (κ2) is 9.07. The number of piperazine rings is 1. The van der Waals surface area contributed by atoms with Crippen molar-refractivity contribution in [3.8, 4) is 0 Å². The van der Waals surface area contributed by atoms with Crippen molar-refractivity contribution in [2.45, 2.75) is 37.5 Å². The lowest BCUT2D eigenvalue weighted by atomic mass is 10.2. The van der Waals surface area contributed by atoms with Crippen LogP contribution < -0.4 is 4.90 Å². The number of anilines is 1. The smallest absolute Gasteiger partial charge is 0.241 e. The van der Waals surface area contributed by atoms with Crippen LogP contribution in [0.25, 0.3) is 0 Å². The third-order valence-corrected chi connectivity index (χ3v) is 5.36. The van der Waals surface area contributed by atoms with E-state index in [2.05, 4.69) is 49.1 Å². The van der Waals surface area contributed by atoms with Crippen molar-refractivity contribution in [3.05, 3.63) is 53.6 Å². The molecule has 1 fully saturated rings. The number of nitrogens with zero attached hydrogens (tertiary/aromatic N) is 2. The number of amides is 1. The molecule has 0 bridgehead atoms. The Bertz CT molecular complexity index is 730. The molecular formula is C21H28N2OS. The average Bonchev–Trinajstić information content (AvgIpc) is 2.60. The van der Waals surface area contributed by atoms with E-state index in [1.807, 2.05) is 37.9 Å². The maximum absolute atomic E-state index is 12.4. The maximum Gasteiger partial charge on any atom is 0.241 e. The second-order valence-electron chi connectivity index (χ2n) is 6.12. The normalized spacial score (nSPS) is 14.9. The first-order valence-corrected chi connectivity index (χ1v) is 9.69. The number of para-hydroxylation sites is 1. The summed E-state index contributed by atoms with van der Waals surface area (Å²) in [6.45, 7) is 10.4. The highest BCUT2D eigenvalue weighted by Gasteiger charge is 2.24. The van der Waals surface area contributed by atoms with Crippen LogP contribution >= 0.6 is 11.8 Å². The van der Waals surface area contributed by atoms with Crippen LogP contribution in [0, 0.1) is 13.8 Å². The lowest BCUT2D eigenvalue weighted by Crippen LogP contribution is -2.49. The molecule has 1 heterocycles. The van der Waals surface area contributed by atoms with Gasteiger partial charge in [0.05, 0.1) is 12.2 Å². The zero-order valence-electron chi connectivity index (χ0n) is 15.9. The lowest BCUT2D eigenvalue weighted by Gasteiger charge is -2.33. The van der Waals surface area contributed by atoms with Crippen molar-refractivity contribution in [3.63, 3.8) is 0 Å². The van der Waals surface area contributed by atoms with E-state index in [9.17, 15) is 4.79 Å². The minimum absolute atomic E-state index is 0.174. The monoisotopic (exact) mass is 356 g/mol. The summed E-state index contributed by atoms with van der Waals surface area (Å²) in [4.78, 5) is 18.8. The first-order valence-electron chi connectivity index (χ1n) is 8.87. The summed E-state index contributed by atoms with van der Waals surface area (Å²) in [6.07, 6.45) is 0. The Morgan fingerprint density at radius 3 is 2.36 bits per heavy atom. The molecule has 3 nitrogen and oxygen atoms in total. The third kappa shape index (κ3) is 4.86. The van der Waals surface area contributed by atoms with Gasteiger partial charge in [0.25, 0.3) is 0 Å². The average molecular weight is 357 g/mol. The Hall–Kier alpha value is -1.78. The SMILES string of the molecule is CC.Cc1ccc(Sc2ccccc2N2CCN(C)CC2=O)c(C)c1. The van der Waals surface area contributed by atoms with Crippen LogP contribution in [-0.4, -0.2) is 37.5 Å². The van der Waals surface area contributed by atoms with Gasteiger partial charge in [-0.3, -0.25) is 9.69 Å². The Labute approximate surface area is 156 Å². The van der Waals surface area contributed by atoms with Crippen molar-refractivity contribution < 1.29 is 4.79 Å². The van der Waals surface area contributed by atoms with Gasteiger partial charge in [0.2, 0.25) is 5.91 Å². The molecule has 0 atom stereocenters. The van der Waals surface area contributed by atoms with Gasteiger partial charge in [-0.05, 0) is 44.7 Å². The van der Waals surface area contributed by atoms with E-state index in [1.165, 1.54) is 16.0 Å². The van der Waals surface area contributed by atoms with Gasteiger partial charge in [-0.2, -0.15) is 0 Å². The van der Waals surface area contributed by atoms with Gasteiger partial charge in [0.1, 0.15) is 0 Å². The number of likely N-dealkylation sites (N-methyl/N-ethyl adjacent to an activating group) is 1. The lowest BCUT2D eigenvalue weighted by molar-refractivity contribution is -0.120. The highest BCUT2D eigenvalue weighted by Crippen LogP contribution is 2.37. The Morgan fingerprint density at radius 2 is 1.68 bits per heavy atom. The summed E-state index contributed by atoms with van der Waals surface area (Å²) in [6, 6.07) is 14.7. The number of hydrogen-bond donors (Lipinski definition) is 0. The fourth-order valence-electron chi connectivity index (χ4n) is 2.84. The summed E-state index contributed by atoms with van der Waals surface area (Å²) in [5.41, 5.74) is 3.57. The van der Waals surface area contributed by atoms with E-state index in [4.69, 9.17) is 0 Å². The van der Waals surface area contributed by atoms with Crippen LogP contribution in [0.15, 0.2) is 52.3 Å². The first kappa shape index (κ1) is 19.5. The quantitative estimate of drug-likeness (QED) is 0.792. The summed E-state index contributed by atoms with van der Waals surface area (Å²) in [7, 11) is 1.99. The molecule has 0 saturated carbocycles. The molecule has 3 rings (SSSR count).